The van der Waals surface area contributed by atoms with Crippen molar-refractivity contribution in [3.8, 4) is 0 Å². The second kappa shape index (κ2) is 2.06. The molecule has 0 spiro atoms. The molecule has 3 heteroatoms. The SMILES string of the molecule is C[Si](C)(C)N1C=COC1. The molecule has 0 saturated carbocycles. The van der Waals surface area contributed by atoms with Gasteiger partial charge in [-0.2, -0.15) is 0 Å². The number of rotatable bonds is 1. The molecule has 0 unspecified atom stereocenters. The first-order valence-corrected chi connectivity index (χ1v) is 6.60. The summed E-state index contributed by atoms with van der Waals surface area (Å²) in [4.78, 5) is 0. The zero-order chi connectivity index (χ0) is 6.91. The number of ether oxygens (including phenoxy) is 1. The second-order valence-corrected chi connectivity index (χ2v) is 8.14. The third-order valence-electron chi connectivity index (χ3n) is 1.41. The Balaban J connectivity index is 2.53. The lowest BCUT2D eigenvalue weighted by molar-refractivity contribution is 0.217. The van der Waals surface area contributed by atoms with E-state index in [9.17, 15) is 0 Å². The van der Waals surface area contributed by atoms with Crippen LogP contribution < -0.4 is 0 Å². The highest BCUT2D eigenvalue weighted by Crippen LogP contribution is 2.13. The van der Waals surface area contributed by atoms with Crippen LogP contribution in [0.15, 0.2) is 12.5 Å². The summed E-state index contributed by atoms with van der Waals surface area (Å²) in [5.74, 6) is 0. The normalized spacial score (nSPS) is 18.3. The van der Waals surface area contributed by atoms with Crippen LogP contribution in [0.2, 0.25) is 19.6 Å². The smallest absolute Gasteiger partial charge is 0.153 e. The van der Waals surface area contributed by atoms with Crippen LogP contribution in [0.5, 0.6) is 0 Å². The van der Waals surface area contributed by atoms with Gasteiger partial charge in [-0.25, -0.2) is 0 Å². The maximum absolute atomic E-state index is 5.06. The minimum Gasteiger partial charge on any atom is -0.480 e. The minimum absolute atomic E-state index is 0.760. The van der Waals surface area contributed by atoms with Crippen molar-refractivity contribution in [1.82, 2.24) is 4.57 Å². The molecule has 0 saturated heterocycles. The van der Waals surface area contributed by atoms with Gasteiger partial charge in [-0.1, -0.05) is 19.6 Å². The van der Waals surface area contributed by atoms with Crippen LogP contribution in [-0.4, -0.2) is 19.5 Å². The molecule has 0 radical (unpaired) electrons. The molecular formula is C6H13NOSi. The average Bonchev–Trinajstić information content (AvgIpc) is 2.08. The molecule has 1 aliphatic rings. The van der Waals surface area contributed by atoms with Crippen molar-refractivity contribution >= 4 is 8.24 Å². The molecule has 0 aromatic carbocycles. The van der Waals surface area contributed by atoms with Crippen molar-refractivity contribution in [3.63, 3.8) is 0 Å². The Labute approximate surface area is 57.2 Å². The zero-order valence-corrected chi connectivity index (χ0v) is 7.22. The summed E-state index contributed by atoms with van der Waals surface area (Å²) < 4.78 is 7.35. The van der Waals surface area contributed by atoms with Crippen molar-refractivity contribution in [3.05, 3.63) is 12.5 Å². The van der Waals surface area contributed by atoms with Crippen molar-refractivity contribution in [2.45, 2.75) is 19.6 Å². The molecule has 0 aliphatic carbocycles. The Morgan fingerprint density at radius 1 is 1.44 bits per heavy atom. The predicted octanol–water partition coefficient (Wildman–Crippen LogP) is 1.58. The lowest BCUT2D eigenvalue weighted by Crippen LogP contribution is -2.41. The molecule has 0 bridgehead atoms. The first kappa shape index (κ1) is 6.67. The first-order chi connectivity index (χ1) is 4.11. The summed E-state index contributed by atoms with van der Waals surface area (Å²) in [5.41, 5.74) is 0. The molecule has 0 aromatic heterocycles. The summed E-state index contributed by atoms with van der Waals surface area (Å²) in [6.07, 6.45) is 3.80. The topological polar surface area (TPSA) is 12.5 Å². The van der Waals surface area contributed by atoms with E-state index in [-0.39, 0.29) is 0 Å². The third kappa shape index (κ3) is 1.48. The van der Waals surface area contributed by atoms with Gasteiger partial charge in [-0.05, 0) is 0 Å². The van der Waals surface area contributed by atoms with Crippen LogP contribution in [0.3, 0.4) is 0 Å². The Bertz CT molecular complexity index is 128. The van der Waals surface area contributed by atoms with E-state index in [1.54, 1.807) is 6.26 Å². The van der Waals surface area contributed by atoms with Gasteiger partial charge in [0, 0.05) is 6.20 Å². The predicted molar refractivity (Wildman–Crippen MR) is 40.3 cm³/mol. The van der Waals surface area contributed by atoms with E-state index in [1.807, 2.05) is 6.20 Å². The highest BCUT2D eigenvalue weighted by Gasteiger charge is 2.22. The molecule has 1 rings (SSSR count). The van der Waals surface area contributed by atoms with Crippen LogP contribution in [0, 0.1) is 0 Å². The van der Waals surface area contributed by atoms with Gasteiger partial charge in [0.25, 0.3) is 0 Å². The van der Waals surface area contributed by atoms with E-state index < -0.39 is 8.24 Å². The highest BCUT2D eigenvalue weighted by molar-refractivity contribution is 6.73. The number of nitrogens with zero attached hydrogens (tertiary/aromatic N) is 1. The van der Waals surface area contributed by atoms with Crippen LogP contribution >= 0.6 is 0 Å². The fraction of sp³-hybridized carbons (Fsp3) is 0.667. The Hall–Kier alpha value is -0.443. The summed E-state index contributed by atoms with van der Waals surface area (Å²) >= 11 is 0. The molecule has 0 atom stereocenters. The van der Waals surface area contributed by atoms with Crippen LogP contribution in [0.4, 0.5) is 0 Å². The third-order valence-corrected chi connectivity index (χ3v) is 3.41. The molecule has 9 heavy (non-hydrogen) atoms. The maximum Gasteiger partial charge on any atom is 0.153 e. The molecule has 1 aliphatic heterocycles. The van der Waals surface area contributed by atoms with E-state index in [0.29, 0.717) is 0 Å². The fourth-order valence-corrected chi connectivity index (χ4v) is 1.67. The van der Waals surface area contributed by atoms with E-state index in [1.165, 1.54) is 0 Å². The molecule has 0 amide bonds. The molecular weight excluding hydrogens is 130 g/mol. The minimum atomic E-state index is -1.10. The quantitative estimate of drug-likeness (QED) is 0.517. The fourth-order valence-electron chi connectivity index (χ4n) is 0.700. The van der Waals surface area contributed by atoms with Crippen molar-refractivity contribution in [2.24, 2.45) is 0 Å². The Morgan fingerprint density at radius 3 is 2.33 bits per heavy atom. The van der Waals surface area contributed by atoms with Crippen LogP contribution in [0.25, 0.3) is 0 Å². The summed E-state index contributed by atoms with van der Waals surface area (Å²) in [6.45, 7) is 7.65. The van der Waals surface area contributed by atoms with E-state index >= 15 is 0 Å². The van der Waals surface area contributed by atoms with Crippen molar-refractivity contribution in [2.75, 3.05) is 6.73 Å². The van der Waals surface area contributed by atoms with Gasteiger partial charge in [0.1, 0.15) is 6.26 Å². The van der Waals surface area contributed by atoms with E-state index in [0.717, 1.165) is 6.73 Å². The van der Waals surface area contributed by atoms with Crippen LogP contribution in [0.1, 0.15) is 0 Å². The highest BCUT2D eigenvalue weighted by atomic mass is 28.3. The van der Waals surface area contributed by atoms with Gasteiger partial charge in [0.05, 0.1) is 0 Å². The summed E-state index contributed by atoms with van der Waals surface area (Å²) in [5, 5.41) is 0. The van der Waals surface area contributed by atoms with Gasteiger partial charge >= 0.3 is 0 Å². The largest absolute Gasteiger partial charge is 0.480 e. The van der Waals surface area contributed by atoms with E-state index in [4.69, 9.17) is 4.74 Å². The molecule has 0 aromatic rings. The number of hydrogen-bond acceptors (Lipinski definition) is 2. The average molecular weight is 143 g/mol. The van der Waals surface area contributed by atoms with Gasteiger partial charge in [0.15, 0.2) is 15.0 Å². The molecule has 0 fully saturated rings. The summed E-state index contributed by atoms with van der Waals surface area (Å²) in [6, 6.07) is 0. The molecule has 2 nitrogen and oxygen atoms in total. The van der Waals surface area contributed by atoms with Gasteiger partial charge in [0.2, 0.25) is 0 Å². The van der Waals surface area contributed by atoms with Gasteiger partial charge in [-0.15, -0.1) is 0 Å². The Kier molecular flexibility index (Phi) is 1.53. The Morgan fingerprint density at radius 2 is 2.11 bits per heavy atom. The first-order valence-electron chi connectivity index (χ1n) is 3.16. The summed E-state index contributed by atoms with van der Waals surface area (Å²) in [7, 11) is -1.10. The van der Waals surface area contributed by atoms with Crippen molar-refractivity contribution in [1.29, 1.82) is 0 Å². The molecule has 52 valence electrons. The van der Waals surface area contributed by atoms with Crippen molar-refractivity contribution < 1.29 is 4.74 Å². The maximum atomic E-state index is 5.06. The van der Waals surface area contributed by atoms with Gasteiger partial charge in [-0.3, -0.25) is 0 Å². The monoisotopic (exact) mass is 143 g/mol. The lowest BCUT2D eigenvalue weighted by Gasteiger charge is -2.27. The number of hydrogen-bond donors (Lipinski definition) is 0. The zero-order valence-electron chi connectivity index (χ0n) is 6.22. The molecule has 0 N–H and O–H groups in total. The molecule has 1 heterocycles. The van der Waals surface area contributed by atoms with Crippen LogP contribution in [-0.2, 0) is 4.74 Å². The van der Waals surface area contributed by atoms with Gasteiger partial charge < -0.3 is 9.30 Å². The standard InChI is InChI=1S/C6H13NOSi/c1-9(2,3)7-4-5-8-6-7/h4-5H,6H2,1-3H3. The van der Waals surface area contributed by atoms with E-state index in [2.05, 4.69) is 24.2 Å². The lowest BCUT2D eigenvalue weighted by atomic mass is 11.0. The second-order valence-electron chi connectivity index (χ2n) is 3.22.